The van der Waals surface area contributed by atoms with E-state index in [0.29, 0.717) is 35.8 Å². The van der Waals surface area contributed by atoms with E-state index in [1.807, 2.05) is 13.8 Å². The lowest BCUT2D eigenvalue weighted by Crippen LogP contribution is -2.26. The molecule has 22 heavy (non-hydrogen) atoms. The van der Waals surface area contributed by atoms with Gasteiger partial charge >= 0.3 is 0 Å². The summed E-state index contributed by atoms with van der Waals surface area (Å²) in [5, 5.41) is 0. The van der Waals surface area contributed by atoms with Crippen LogP contribution in [0.4, 0.5) is 0 Å². The first-order valence-electron chi connectivity index (χ1n) is 7.18. The number of benzene rings is 1. The summed E-state index contributed by atoms with van der Waals surface area (Å²) in [4.78, 5) is 30.8. The molecule has 114 valence electrons. The molecule has 0 saturated heterocycles. The molecule has 6 nitrogen and oxygen atoms in total. The average molecular weight is 300 g/mol. The minimum absolute atomic E-state index is 0.177. The molecule has 0 saturated carbocycles. The van der Waals surface area contributed by atoms with E-state index in [4.69, 9.17) is 9.47 Å². The number of ether oxygens (including phenoxy) is 2. The first-order valence-corrected chi connectivity index (χ1v) is 7.18. The van der Waals surface area contributed by atoms with Gasteiger partial charge in [0.25, 0.3) is 11.8 Å². The van der Waals surface area contributed by atoms with E-state index in [-0.39, 0.29) is 24.0 Å². The van der Waals surface area contributed by atoms with Gasteiger partial charge < -0.3 is 9.47 Å². The lowest BCUT2D eigenvalue weighted by molar-refractivity contribution is -0.121. The summed E-state index contributed by atoms with van der Waals surface area (Å²) in [5.41, 5.74) is 1.42. The second-order valence-electron chi connectivity index (χ2n) is 5.46. The lowest BCUT2D eigenvalue weighted by atomic mass is 10.1. The molecular formula is C16H16N2O4. The molecule has 1 aromatic carbocycles. The van der Waals surface area contributed by atoms with Crippen molar-refractivity contribution in [2.75, 3.05) is 0 Å². The zero-order valence-electron chi connectivity index (χ0n) is 12.4. The molecule has 0 N–H and O–H groups in total. The average Bonchev–Trinajstić information content (AvgIpc) is 2.45. The summed E-state index contributed by atoms with van der Waals surface area (Å²) in [5.74, 6) is 0.284. The Kier molecular flexibility index (Phi) is 3.75. The van der Waals surface area contributed by atoms with Crippen LogP contribution in [0, 0.1) is 0 Å². The molecule has 0 fully saturated rings. The van der Waals surface area contributed by atoms with Gasteiger partial charge in [-0.1, -0.05) is 0 Å². The predicted octanol–water partition coefficient (Wildman–Crippen LogP) is 1.85. The number of hydrogen-bond acceptors (Lipinski definition) is 4. The maximum Gasteiger partial charge on any atom is 0.252 e. The Balaban J connectivity index is 1.84. The van der Waals surface area contributed by atoms with Crippen molar-refractivity contribution in [1.29, 1.82) is 0 Å². The van der Waals surface area contributed by atoms with Crippen molar-refractivity contribution in [2.24, 2.45) is 9.98 Å². The second kappa shape index (κ2) is 5.71. The molecule has 2 atom stereocenters. The highest BCUT2D eigenvalue weighted by atomic mass is 16.5. The second-order valence-corrected chi connectivity index (χ2v) is 5.46. The normalized spacial score (nSPS) is 25.0. The Bertz CT molecular complexity index is 617. The first-order chi connectivity index (χ1) is 10.5. The van der Waals surface area contributed by atoms with Gasteiger partial charge in [0.1, 0.15) is 12.2 Å². The van der Waals surface area contributed by atoms with Crippen LogP contribution in [0.15, 0.2) is 34.3 Å². The molecule has 0 spiro atoms. The van der Waals surface area contributed by atoms with Crippen LogP contribution >= 0.6 is 0 Å². The minimum Gasteiger partial charge on any atom is -0.474 e. The van der Waals surface area contributed by atoms with Crippen LogP contribution in [-0.2, 0) is 19.1 Å². The van der Waals surface area contributed by atoms with Crippen LogP contribution in [0.3, 0.4) is 0 Å². The maximum absolute atomic E-state index is 11.5. The topological polar surface area (TPSA) is 77.3 Å². The van der Waals surface area contributed by atoms with Crippen molar-refractivity contribution in [2.45, 2.75) is 38.9 Å². The predicted molar refractivity (Wildman–Crippen MR) is 79.9 cm³/mol. The van der Waals surface area contributed by atoms with Crippen LogP contribution in [0.5, 0.6) is 0 Å². The number of aliphatic imine (C=N–C) groups is 2. The number of nitrogens with zero attached hydrogens (tertiary/aromatic N) is 2. The van der Waals surface area contributed by atoms with Crippen LogP contribution < -0.4 is 0 Å². The molecular weight excluding hydrogens is 284 g/mol. The van der Waals surface area contributed by atoms with Gasteiger partial charge in [0.15, 0.2) is 0 Å². The number of amides is 2. The van der Waals surface area contributed by atoms with E-state index in [0.717, 1.165) is 0 Å². The third kappa shape index (κ3) is 3.05. The molecule has 2 aliphatic rings. The Morgan fingerprint density at radius 1 is 0.818 bits per heavy atom. The summed E-state index contributed by atoms with van der Waals surface area (Å²) in [6.45, 7) is 3.66. The quantitative estimate of drug-likeness (QED) is 0.835. The van der Waals surface area contributed by atoms with Crippen molar-refractivity contribution >= 4 is 23.6 Å². The first kappa shape index (κ1) is 14.4. The largest absolute Gasteiger partial charge is 0.474 e. The SMILES string of the molecule is CC1CC(=O)N=C(c2ccc(C3=NC(=O)CC(C)O3)cc2)O1. The van der Waals surface area contributed by atoms with Gasteiger partial charge in [-0.3, -0.25) is 9.59 Å². The molecule has 0 aliphatic carbocycles. The molecule has 0 bridgehead atoms. The zero-order chi connectivity index (χ0) is 15.7. The van der Waals surface area contributed by atoms with Crippen LogP contribution in [0.25, 0.3) is 0 Å². The Morgan fingerprint density at radius 3 is 1.50 bits per heavy atom. The zero-order valence-corrected chi connectivity index (χ0v) is 12.4. The fraction of sp³-hybridized carbons (Fsp3) is 0.375. The Labute approximate surface area is 127 Å². The minimum atomic E-state index is -0.183. The lowest BCUT2D eigenvalue weighted by Gasteiger charge is -2.21. The fourth-order valence-corrected chi connectivity index (χ4v) is 2.35. The highest BCUT2D eigenvalue weighted by molar-refractivity contribution is 6.05. The van der Waals surface area contributed by atoms with Crippen molar-refractivity contribution in [3.05, 3.63) is 35.4 Å². The third-order valence-electron chi connectivity index (χ3n) is 3.38. The summed E-state index contributed by atoms with van der Waals surface area (Å²) < 4.78 is 11.2. The highest BCUT2D eigenvalue weighted by Crippen LogP contribution is 2.17. The number of hydrogen-bond donors (Lipinski definition) is 0. The van der Waals surface area contributed by atoms with Gasteiger partial charge in [-0.15, -0.1) is 0 Å². The van der Waals surface area contributed by atoms with E-state index < -0.39 is 0 Å². The molecule has 0 aromatic heterocycles. The standard InChI is InChI=1S/C16H16N2O4/c1-9-7-13(19)17-15(21-9)11-3-5-12(6-4-11)16-18-14(20)8-10(2)22-16/h3-6,9-10H,7-8H2,1-2H3. The smallest absolute Gasteiger partial charge is 0.252 e. The molecule has 2 unspecified atom stereocenters. The molecule has 1 aromatic rings. The Hall–Kier alpha value is -2.50. The summed E-state index contributed by atoms with van der Waals surface area (Å²) >= 11 is 0. The van der Waals surface area contributed by atoms with Gasteiger partial charge in [-0.2, -0.15) is 9.98 Å². The number of carbonyl (C=O) groups excluding carboxylic acids is 2. The van der Waals surface area contributed by atoms with Crippen LogP contribution in [0.1, 0.15) is 37.8 Å². The van der Waals surface area contributed by atoms with Gasteiger partial charge in [0.05, 0.1) is 12.8 Å². The fourth-order valence-electron chi connectivity index (χ4n) is 2.35. The molecule has 3 rings (SSSR count). The number of carbonyl (C=O) groups is 2. The highest BCUT2D eigenvalue weighted by Gasteiger charge is 2.23. The van der Waals surface area contributed by atoms with E-state index >= 15 is 0 Å². The van der Waals surface area contributed by atoms with Crippen molar-refractivity contribution in [3.63, 3.8) is 0 Å². The monoisotopic (exact) mass is 300 g/mol. The van der Waals surface area contributed by atoms with Gasteiger partial charge in [0.2, 0.25) is 11.8 Å². The Morgan fingerprint density at radius 2 is 1.18 bits per heavy atom. The molecule has 0 radical (unpaired) electrons. The van der Waals surface area contributed by atoms with E-state index in [1.165, 1.54) is 0 Å². The van der Waals surface area contributed by atoms with Gasteiger partial charge in [-0.05, 0) is 38.1 Å². The number of rotatable bonds is 2. The molecule has 2 aliphatic heterocycles. The molecule has 2 amide bonds. The van der Waals surface area contributed by atoms with Crippen LogP contribution in [-0.4, -0.2) is 35.8 Å². The van der Waals surface area contributed by atoms with Crippen molar-refractivity contribution in [3.8, 4) is 0 Å². The molecule has 2 heterocycles. The van der Waals surface area contributed by atoms with E-state index in [9.17, 15) is 9.59 Å². The van der Waals surface area contributed by atoms with Crippen LogP contribution in [0.2, 0.25) is 0 Å². The van der Waals surface area contributed by atoms with E-state index in [1.54, 1.807) is 24.3 Å². The summed E-state index contributed by atoms with van der Waals surface area (Å²) in [7, 11) is 0. The van der Waals surface area contributed by atoms with E-state index in [2.05, 4.69) is 9.98 Å². The molecule has 6 heteroatoms. The third-order valence-corrected chi connectivity index (χ3v) is 3.38. The van der Waals surface area contributed by atoms with Crippen molar-refractivity contribution < 1.29 is 19.1 Å². The maximum atomic E-state index is 11.5. The summed E-state index contributed by atoms with van der Waals surface area (Å²) in [6, 6.07) is 7.09. The van der Waals surface area contributed by atoms with Crippen molar-refractivity contribution in [1.82, 2.24) is 0 Å². The van der Waals surface area contributed by atoms with Gasteiger partial charge in [0, 0.05) is 11.1 Å². The summed E-state index contributed by atoms with van der Waals surface area (Å²) in [6.07, 6.45) is 0.242. The van der Waals surface area contributed by atoms with Gasteiger partial charge in [-0.25, -0.2) is 0 Å².